The number of aliphatic hydroxyl groups is 1. The van der Waals surface area contributed by atoms with Crippen LogP contribution in [-0.4, -0.2) is 22.8 Å². The van der Waals surface area contributed by atoms with E-state index in [1.165, 1.54) is 0 Å². The number of pyridine rings is 1. The SMILES string of the molecule is OC(CC1CCCO1)c1cccc2cccnc12. The van der Waals surface area contributed by atoms with Crippen LogP contribution >= 0.6 is 0 Å². The molecule has 1 fully saturated rings. The average Bonchev–Trinajstić information content (AvgIpc) is 2.91. The predicted molar refractivity (Wildman–Crippen MR) is 70.3 cm³/mol. The molecule has 2 unspecified atom stereocenters. The minimum atomic E-state index is -0.494. The Morgan fingerprint density at radius 3 is 3.06 bits per heavy atom. The summed E-state index contributed by atoms with van der Waals surface area (Å²) in [5.41, 5.74) is 1.80. The summed E-state index contributed by atoms with van der Waals surface area (Å²) in [6.07, 6.45) is 4.28. The first-order chi connectivity index (χ1) is 8.84. The van der Waals surface area contributed by atoms with E-state index in [0.29, 0.717) is 6.42 Å². The minimum Gasteiger partial charge on any atom is -0.388 e. The fourth-order valence-corrected chi connectivity index (χ4v) is 2.60. The van der Waals surface area contributed by atoms with Gasteiger partial charge >= 0.3 is 0 Å². The summed E-state index contributed by atoms with van der Waals surface area (Å²) >= 11 is 0. The van der Waals surface area contributed by atoms with E-state index in [1.807, 2.05) is 30.3 Å². The van der Waals surface area contributed by atoms with Crippen molar-refractivity contribution in [2.24, 2.45) is 0 Å². The van der Waals surface area contributed by atoms with Crippen LogP contribution in [0.5, 0.6) is 0 Å². The van der Waals surface area contributed by atoms with E-state index < -0.39 is 6.10 Å². The van der Waals surface area contributed by atoms with E-state index in [2.05, 4.69) is 4.98 Å². The van der Waals surface area contributed by atoms with Crippen LogP contribution in [0, 0.1) is 0 Å². The zero-order valence-corrected chi connectivity index (χ0v) is 10.2. The summed E-state index contributed by atoms with van der Waals surface area (Å²) in [4.78, 5) is 4.38. The van der Waals surface area contributed by atoms with Gasteiger partial charge in [0.15, 0.2) is 0 Å². The van der Waals surface area contributed by atoms with Gasteiger partial charge in [0.1, 0.15) is 0 Å². The second kappa shape index (κ2) is 5.04. The van der Waals surface area contributed by atoms with Gasteiger partial charge in [-0.2, -0.15) is 0 Å². The number of rotatable bonds is 3. The smallest absolute Gasteiger partial charge is 0.0835 e. The van der Waals surface area contributed by atoms with Gasteiger partial charge in [-0.05, 0) is 18.9 Å². The molecule has 0 bridgehead atoms. The third kappa shape index (κ3) is 2.24. The van der Waals surface area contributed by atoms with Crippen molar-refractivity contribution in [3.05, 3.63) is 42.1 Å². The van der Waals surface area contributed by atoms with E-state index in [-0.39, 0.29) is 6.10 Å². The van der Waals surface area contributed by atoms with Gasteiger partial charge in [-0.1, -0.05) is 24.3 Å². The Labute approximate surface area is 106 Å². The summed E-state index contributed by atoms with van der Waals surface area (Å²) in [6.45, 7) is 0.825. The van der Waals surface area contributed by atoms with Crippen molar-refractivity contribution in [2.45, 2.75) is 31.5 Å². The molecule has 2 atom stereocenters. The van der Waals surface area contributed by atoms with Crippen LogP contribution in [0.1, 0.15) is 30.9 Å². The lowest BCUT2D eigenvalue weighted by Gasteiger charge is -2.16. The van der Waals surface area contributed by atoms with Gasteiger partial charge in [0.25, 0.3) is 0 Å². The highest BCUT2D eigenvalue weighted by molar-refractivity contribution is 5.81. The molecular weight excluding hydrogens is 226 g/mol. The normalized spacial score (nSPS) is 21.3. The first-order valence-electron chi connectivity index (χ1n) is 6.48. The van der Waals surface area contributed by atoms with Crippen LogP contribution in [0.3, 0.4) is 0 Å². The summed E-state index contributed by atoms with van der Waals surface area (Å²) < 4.78 is 5.58. The molecule has 1 aliphatic rings. The van der Waals surface area contributed by atoms with Gasteiger partial charge in [0.05, 0.1) is 17.7 Å². The second-order valence-electron chi connectivity index (χ2n) is 4.81. The van der Waals surface area contributed by atoms with Gasteiger partial charge in [-0.3, -0.25) is 4.98 Å². The van der Waals surface area contributed by atoms with Crippen molar-refractivity contribution >= 4 is 10.9 Å². The molecule has 1 aromatic carbocycles. The van der Waals surface area contributed by atoms with Crippen LogP contribution in [0.2, 0.25) is 0 Å². The fraction of sp³-hybridized carbons (Fsp3) is 0.400. The van der Waals surface area contributed by atoms with Crippen molar-refractivity contribution in [3.8, 4) is 0 Å². The Balaban J connectivity index is 1.88. The zero-order chi connectivity index (χ0) is 12.4. The quantitative estimate of drug-likeness (QED) is 0.901. The summed E-state index contributed by atoms with van der Waals surface area (Å²) in [5, 5.41) is 11.4. The van der Waals surface area contributed by atoms with Gasteiger partial charge in [0, 0.05) is 30.2 Å². The third-order valence-corrected chi connectivity index (χ3v) is 3.53. The molecule has 0 radical (unpaired) electrons. The number of aromatic nitrogens is 1. The number of aliphatic hydroxyl groups excluding tert-OH is 1. The van der Waals surface area contributed by atoms with E-state index in [1.54, 1.807) is 6.20 Å². The highest BCUT2D eigenvalue weighted by Crippen LogP contribution is 2.28. The molecule has 18 heavy (non-hydrogen) atoms. The molecular formula is C15H17NO2. The molecule has 94 valence electrons. The molecule has 0 spiro atoms. The molecule has 1 N–H and O–H groups in total. The van der Waals surface area contributed by atoms with Gasteiger partial charge in [-0.15, -0.1) is 0 Å². The Kier molecular flexibility index (Phi) is 3.26. The van der Waals surface area contributed by atoms with Crippen LogP contribution in [0.15, 0.2) is 36.5 Å². The molecule has 0 aliphatic carbocycles. The Hall–Kier alpha value is -1.45. The maximum absolute atomic E-state index is 10.4. The summed E-state index contributed by atoms with van der Waals surface area (Å²) in [5.74, 6) is 0. The molecule has 3 rings (SSSR count). The largest absolute Gasteiger partial charge is 0.388 e. The molecule has 0 amide bonds. The van der Waals surface area contributed by atoms with E-state index >= 15 is 0 Å². The van der Waals surface area contributed by atoms with Crippen molar-refractivity contribution < 1.29 is 9.84 Å². The third-order valence-electron chi connectivity index (χ3n) is 3.53. The standard InChI is InChI=1S/C15H17NO2/c17-14(10-12-6-3-9-18-12)13-7-1-4-11-5-2-8-16-15(11)13/h1-2,4-5,7-8,12,14,17H,3,6,9-10H2. The van der Waals surface area contributed by atoms with E-state index in [4.69, 9.17) is 4.74 Å². The van der Waals surface area contributed by atoms with Crippen molar-refractivity contribution in [1.82, 2.24) is 4.98 Å². The Morgan fingerprint density at radius 2 is 2.22 bits per heavy atom. The zero-order valence-electron chi connectivity index (χ0n) is 10.2. The summed E-state index contributed by atoms with van der Waals surface area (Å²) in [7, 11) is 0. The van der Waals surface area contributed by atoms with E-state index in [9.17, 15) is 5.11 Å². The molecule has 1 saturated heterocycles. The number of ether oxygens (including phenoxy) is 1. The first-order valence-corrected chi connectivity index (χ1v) is 6.48. The molecule has 2 aromatic rings. The molecule has 3 heteroatoms. The number of benzene rings is 1. The van der Waals surface area contributed by atoms with Crippen LogP contribution in [0.4, 0.5) is 0 Å². The monoisotopic (exact) mass is 243 g/mol. The molecule has 2 heterocycles. The Morgan fingerprint density at radius 1 is 1.33 bits per heavy atom. The number of hydrogen-bond acceptors (Lipinski definition) is 3. The lowest BCUT2D eigenvalue weighted by Crippen LogP contribution is -2.11. The van der Waals surface area contributed by atoms with E-state index in [0.717, 1.165) is 35.9 Å². The lowest BCUT2D eigenvalue weighted by molar-refractivity contribution is 0.0540. The highest BCUT2D eigenvalue weighted by atomic mass is 16.5. The molecule has 0 saturated carbocycles. The van der Waals surface area contributed by atoms with Crippen molar-refractivity contribution in [2.75, 3.05) is 6.61 Å². The molecule has 1 aliphatic heterocycles. The van der Waals surface area contributed by atoms with Gasteiger partial charge in [0.2, 0.25) is 0 Å². The molecule has 3 nitrogen and oxygen atoms in total. The van der Waals surface area contributed by atoms with Crippen LogP contribution < -0.4 is 0 Å². The molecule has 1 aromatic heterocycles. The fourth-order valence-electron chi connectivity index (χ4n) is 2.60. The van der Waals surface area contributed by atoms with Crippen molar-refractivity contribution in [1.29, 1.82) is 0 Å². The topological polar surface area (TPSA) is 42.4 Å². The predicted octanol–water partition coefficient (Wildman–Crippen LogP) is 2.84. The van der Waals surface area contributed by atoms with Crippen LogP contribution in [-0.2, 0) is 4.74 Å². The highest BCUT2D eigenvalue weighted by Gasteiger charge is 2.21. The number of fused-ring (bicyclic) bond motifs is 1. The summed E-state index contributed by atoms with van der Waals surface area (Å²) in [6, 6.07) is 9.88. The van der Waals surface area contributed by atoms with Crippen molar-refractivity contribution in [3.63, 3.8) is 0 Å². The Bertz CT molecular complexity index is 530. The average molecular weight is 243 g/mol. The van der Waals surface area contributed by atoms with Gasteiger partial charge < -0.3 is 9.84 Å². The van der Waals surface area contributed by atoms with Crippen LogP contribution in [0.25, 0.3) is 10.9 Å². The number of hydrogen-bond donors (Lipinski definition) is 1. The minimum absolute atomic E-state index is 0.193. The number of para-hydroxylation sites is 1. The lowest BCUT2D eigenvalue weighted by atomic mass is 9.99. The first kappa shape index (κ1) is 11.6. The van der Waals surface area contributed by atoms with Gasteiger partial charge in [-0.25, -0.2) is 0 Å². The number of nitrogens with zero attached hydrogens (tertiary/aromatic N) is 1. The second-order valence-corrected chi connectivity index (χ2v) is 4.81. The maximum Gasteiger partial charge on any atom is 0.0835 e. The maximum atomic E-state index is 10.4.